The summed E-state index contributed by atoms with van der Waals surface area (Å²) in [5.41, 5.74) is 2.43. The standard InChI is InChI=1S/C16H17N3O/c1-11(2)19-10-13(9-18-19)16(20)14-7-3-5-12-6-4-8-17-15(12)14/h3-11,16,20H,1-2H3. The first-order chi connectivity index (χ1) is 9.66. The fourth-order valence-electron chi connectivity index (χ4n) is 2.30. The Morgan fingerprint density at radius 1 is 1.15 bits per heavy atom. The Kier molecular flexibility index (Phi) is 3.24. The van der Waals surface area contributed by atoms with Gasteiger partial charge in [0.2, 0.25) is 0 Å². The van der Waals surface area contributed by atoms with E-state index in [1.54, 1.807) is 12.4 Å². The number of aliphatic hydroxyl groups is 1. The Morgan fingerprint density at radius 3 is 2.70 bits per heavy atom. The van der Waals surface area contributed by atoms with Crippen molar-refractivity contribution < 1.29 is 5.11 Å². The summed E-state index contributed by atoms with van der Waals surface area (Å²) in [7, 11) is 0. The number of aliphatic hydroxyl groups excluding tert-OH is 1. The average molecular weight is 267 g/mol. The zero-order chi connectivity index (χ0) is 14.1. The van der Waals surface area contributed by atoms with Crippen LogP contribution in [0.15, 0.2) is 48.9 Å². The molecule has 0 aliphatic carbocycles. The van der Waals surface area contributed by atoms with Crippen molar-refractivity contribution in [1.29, 1.82) is 0 Å². The molecule has 3 aromatic rings. The lowest BCUT2D eigenvalue weighted by Gasteiger charge is -2.11. The molecule has 2 heterocycles. The molecule has 0 amide bonds. The van der Waals surface area contributed by atoms with Crippen molar-refractivity contribution in [3.8, 4) is 0 Å². The maximum absolute atomic E-state index is 10.6. The topological polar surface area (TPSA) is 50.9 Å². The van der Waals surface area contributed by atoms with E-state index in [0.717, 1.165) is 22.0 Å². The molecule has 1 N–H and O–H groups in total. The van der Waals surface area contributed by atoms with Gasteiger partial charge in [-0.25, -0.2) is 0 Å². The van der Waals surface area contributed by atoms with Gasteiger partial charge in [-0.2, -0.15) is 5.10 Å². The highest BCUT2D eigenvalue weighted by Crippen LogP contribution is 2.27. The Balaban J connectivity index is 2.05. The minimum atomic E-state index is -0.707. The van der Waals surface area contributed by atoms with Gasteiger partial charge in [-0.05, 0) is 19.9 Å². The zero-order valence-electron chi connectivity index (χ0n) is 11.6. The van der Waals surface area contributed by atoms with Crippen LogP contribution in [0.3, 0.4) is 0 Å². The third-order valence-corrected chi connectivity index (χ3v) is 3.42. The van der Waals surface area contributed by atoms with Crippen LogP contribution in [0.25, 0.3) is 10.9 Å². The van der Waals surface area contributed by atoms with Gasteiger partial charge in [0, 0.05) is 34.9 Å². The minimum absolute atomic E-state index is 0.279. The third kappa shape index (κ3) is 2.18. The maximum atomic E-state index is 10.6. The average Bonchev–Trinajstić information content (AvgIpc) is 2.96. The molecule has 0 saturated heterocycles. The quantitative estimate of drug-likeness (QED) is 0.793. The van der Waals surface area contributed by atoms with Gasteiger partial charge in [-0.15, -0.1) is 0 Å². The molecule has 0 saturated carbocycles. The van der Waals surface area contributed by atoms with Crippen molar-refractivity contribution in [2.24, 2.45) is 0 Å². The Morgan fingerprint density at radius 2 is 1.95 bits per heavy atom. The van der Waals surface area contributed by atoms with Gasteiger partial charge >= 0.3 is 0 Å². The zero-order valence-corrected chi connectivity index (χ0v) is 11.6. The van der Waals surface area contributed by atoms with Gasteiger partial charge in [-0.3, -0.25) is 9.67 Å². The molecular formula is C16H17N3O. The summed E-state index contributed by atoms with van der Waals surface area (Å²) in [6.45, 7) is 4.12. The van der Waals surface area contributed by atoms with Crippen LogP contribution in [-0.4, -0.2) is 19.9 Å². The van der Waals surface area contributed by atoms with E-state index in [1.807, 2.05) is 41.2 Å². The summed E-state index contributed by atoms with van der Waals surface area (Å²) in [6.07, 6.45) is 4.64. The Bertz CT molecular complexity index is 728. The van der Waals surface area contributed by atoms with Crippen LogP contribution in [0.4, 0.5) is 0 Å². The van der Waals surface area contributed by atoms with Crippen LogP contribution >= 0.6 is 0 Å². The van der Waals surface area contributed by atoms with E-state index < -0.39 is 6.10 Å². The lowest BCUT2D eigenvalue weighted by molar-refractivity contribution is 0.221. The van der Waals surface area contributed by atoms with Crippen molar-refractivity contribution in [2.45, 2.75) is 26.0 Å². The molecule has 1 atom stereocenters. The lowest BCUT2D eigenvalue weighted by Crippen LogP contribution is -2.02. The van der Waals surface area contributed by atoms with E-state index in [9.17, 15) is 5.11 Å². The number of nitrogens with zero attached hydrogens (tertiary/aromatic N) is 3. The number of pyridine rings is 1. The summed E-state index contributed by atoms with van der Waals surface area (Å²) in [5.74, 6) is 0. The molecule has 0 radical (unpaired) electrons. The van der Waals surface area contributed by atoms with E-state index in [-0.39, 0.29) is 6.04 Å². The highest BCUT2D eigenvalue weighted by atomic mass is 16.3. The summed E-state index contributed by atoms with van der Waals surface area (Å²) in [5, 5.41) is 15.9. The smallest absolute Gasteiger partial charge is 0.109 e. The van der Waals surface area contributed by atoms with Crippen LogP contribution in [-0.2, 0) is 0 Å². The maximum Gasteiger partial charge on any atom is 0.109 e. The van der Waals surface area contributed by atoms with Crippen molar-refractivity contribution in [1.82, 2.24) is 14.8 Å². The normalized spacial score (nSPS) is 13.0. The monoisotopic (exact) mass is 267 g/mol. The summed E-state index contributed by atoms with van der Waals surface area (Å²) in [4.78, 5) is 4.38. The lowest BCUT2D eigenvalue weighted by atomic mass is 10.0. The van der Waals surface area contributed by atoms with Crippen LogP contribution in [0.2, 0.25) is 0 Å². The predicted octanol–water partition coefficient (Wildman–Crippen LogP) is 3.09. The molecule has 0 aliphatic heterocycles. The number of hydrogen-bond acceptors (Lipinski definition) is 3. The molecule has 3 rings (SSSR count). The molecule has 20 heavy (non-hydrogen) atoms. The second kappa shape index (κ2) is 5.06. The molecule has 4 heteroatoms. The molecule has 1 unspecified atom stereocenters. The summed E-state index contributed by atoms with van der Waals surface area (Å²) in [6, 6.07) is 10.0. The molecule has 0 spiro atoms. The van der Waals surface area contributed by atoms with Crippen LogP contribution in [0, 0.1) is 0 Å². The van der Waals surface area contributed by atoms with Gasteiger partial charge in [0.25, 0.3) is 0 Å². The second-order valence-electron chi connectivity index (χ2n) is 5.17. The predicted molar refractivity (Wildman–Crippen MR) is 78.4 cm³/mol. The first kappa shape index (κ1) is 12.8. The number of benzene rings is 1. The molecule has 1 aromatic carbocycles. The van der Waals surface area contributed by atoms with Gasteiger partial charge in [0.15, 0.2) is 0 Å². The highest BCUT2D eigenvalue weighted by Gasteiger charge is 2.16. The van der Waals surface area contributed by atoms with Crippen molar-refractivity contribution in [2.75, 3.05) is 0 Å². The number of hydrogen-bond donors (Lipinski definition) is 1. The SMILES string of the molecule is CC(C)n1cc(C(O)c2cccc3cccnc23)cn1. The molecular weight excluding hydrogens is 250 g/mol. The first-order valence-corrected chi connectivity index (χ1v) is 6.72. The molecule has 0 bridgehead atoms. The molecule has 102 valence electrons. The number of para-hydroxylation sites is 1. The molecule has 0 aliphatic rings. The number of aromatic nitrogens is 3. The van der Waals surface area contributed by atoms with E-state index in [0.29, 0.717) is 0 Å². The van der Waals surface area contributed by atoms with Gasteiger partial charge in [0.05, 0.1) is 11.7 Å². The van der Waals surface area contributed by atoms with Crippen molar-refractivity contribution in [3.63, 3.8) is 0 Å². The largest absolute Gasteiger partial charge is 0.383 e. The Labute approximate surface area is 117 Å². The van der Waals surface area contributed by atoms with E-state index in [2.05, 4.69) is 23.9 Å². The number of rotatable bonds is 3. The minimum Gasteiger partial charge on any atom is -0.383 e. The van der Waals surface area contributed by atoms with Crippen LogP contribution in [0.1, 0.15) is 37.1 Å². The van der Waals surface area contributed by atoms with E-state index >= 15 is 0 Å². The van der Waals surface area contributed by atoms with Gasteiger partial charge < -0.3 is 5.11 Å². The molecule has 2 aromatic heterocycles. The molecule has 4 nitrogen and oxygen atoms in total. The van der Waals surface area contributed by atoms with Gasteiger partial charge in [0.1, 0.15) is 6.10 Å². The van der Waals surface area contributed by atoms with Crippen molar-refractivity contribution in [3.05, 3.63) is 60.0 Å². The van der Waals surface area contributed by atoms with E-state index in [1.165, 1.54) is 0 Å². The Hall–Kier alpha value is -2.20. The fraction of sp³-hybridized carbons (Fsp3) is 0.250. The highest BCUT2D eigenvalue weighted by molar-refractivity contribution is 5.82. The van der Waals surface area contributed by atoms with Gasteiger partial charge in [-0.1, -0.05) is 24.3 Å². The summed E-state index contributed by atoms with van der Waals surface area (Å²) < 4.78 is 1.84. The third-order valence-electron chi connectivity index (χ3n) is 3.42. The second-order valence-corrected chi connectivity index (χ2v) is 5.17. The van der Waals surface area contributed by atoms with Crippen LogP contribution in [0.5, 0.6) is 0 Å². The van der Waals surface area contributed by atoms with Crippen molar-refractivity contribution >= 4 is 10.9 Å². The first-order valence-electron chi connectivity index (χ1n) is 6.72. The molecule has 0 fully saturated rings. The van der Waals surface area contributed by atoms with Crippen LogP contribution < -0.4 is 0 Å². The summed E-state index contributed by atoms with van der Waals surface area (Å²) >= 11 is 0. The fourth-order valence-corrected chi connectivity index (χ4v) is 2.30. The number of fused-ring (bicyclic) bond motifs is 1. The van der Waals surface area contributed by atoms with E-state index in [4.69, 9.17) is 0 Å².